The predicted octanol–water partition coefficient (Wildman–Crippen LogP) is 5.61. The van der Waals surface area contributed by atoms with Gasteiger partial charge in [0.15, 0.2) is 0 Å². The number of benzene rings is 2. The van der Waals surface area contributed by atoms with E-state index in [0.717, 1.165) is 5.56 Å². The molecule has 2 saturated heterocycles. The van der Waals surface area contributed by atoms with Crippen LogP contribution in [0.25, 0.3) is 10.9 Å². The van der Waals surface area contributed by atoms with E-state index in [2.05, 4.69) is 15.2 Å². The number of alkyl halides is 3. The van der Waals surface area contributed by atoms with Gasteiger partial charge in [0.25, 0.3) is 0 Å². The Balaban J connectivity index is 1.22. The van der Waals surface area contributed by atoms with Crippen molar-refractivity contribution in [1.82, 2.24) is 15.2 Å². The van der Waals surface area contributed by atoms with Crippen molar-refractivity contribution in [3.8, 4) is 0 Å². The maximum Gasteiger partial charge on any atom is 0.398 e. The first kappa shape index (κ1) is 28.7. The number of imide groups is 1. The summed E-state index contributed by atoms with van der Waals surface area (Å²) in [6.45, 7) is 5.15. The van der Waals surface area contributed by atoms with Gasteiger partial charge in [0.2, 0.25) is 11.8 Å². The fourth-order valence-electron chi connectivity index (χ4n) is 6.81. The molecule has 42 heavy (non-hydrogen) atoms. The molecule has 0 unspecified atom stereocenters. The van der Waals surface area contributed by atoms with Crippen molar-refractivity contribution in [3.05, 3.63) is 76.7 Å². The van der Waals surface area contributed by atoms with Crippen LogP contribution >= 0.6 is 0 Å². The van der Waals surface area contributed by atoms with Crippen molar-refractivity contribution in [2.75, 3.05) is 13.1 Å². The molecule has 6 nitrogen and oxygen atoms in total. The number of carbonyl (C=O) groups excluding carboxylic acids is 2. The number of piperidine rings is 2. The molecular weight excluding hydrogens is 550 g/mol. The Hall–Kier alpha value is -3.37. The first-order valence-electron chi connectivity index (χ1n) is 14.3. The predicted molar refractivity (Wildman–Crippen MR) is 148 cm³/mol. The number of nitrogens with one attached hydrogen (secondary N) is 1. The third kappa shape index (κ3) is 4.68. The summed E-state index contributed by atoms with van der Waals surface area (Å²) in [6.07, 6.45) is -1.73. The van der Waals surface area contributed by atoms with Crippen LogP contribution in [-0.2, 0) is 27.1 Å². The summed E-state index contributed by atoms with van der Waals surface area (Å²) >= 11 is 0. The molecular formula is C32H33F4N3O3. The number of nitrogens with zero attached hydrogens (tertiary/aromatic N) is 2. The number of aromatic nitrogens is 1. The zero-order chi connectivity index (χ0) is 30.1. The molecule has 2 aliphatic heterocycles. The number of likely N-dealkylation sites (tertiary alicyclic amines) is 1. The maximum absolute atomic E-state index is 16.2. The molecule has 1 saturated carbocycles. The zero-order valence-electron chi connectivity index (χ0n) is 23.5. The summed E-state index contributed by atoms with van der Waals surface area (Å²) in [7, 11) is 0. The van der Waals surface area contributed by atoms with Gasteiger partial charge in [-0.3, -0.25) is 24.8 Å². The third-order valence-electron chi connectivity index (χ3n) is 9.64. The van der Waals surface area contributed by atoms with Crippen molar-refractivity contribution in [2.45, 2.75) is 75.6 Å². The highest BCUT2D eigenvalue weighted by molar-refractivity contribution is 6.01. The molecule has 2 aromatic carbocycles. The fraction of sp³-hybridized carbons (Fsp3) is 0.469. The minimum atomic E-state index is -4.25. The molecule has 2 N–H and O–H groups in total. The number of hydrogen-bond acceptors (Lipinski definition) is 5. The van der Waals surface area contributed by atoms with Crippen molar-refractivity contribution in [1.29, 1.82) is 0 Å². The molecule has 2 amide bonds. The summed E-state index contributed by atoms with van der Waals surface area (Å²) in [5.41, 5.74) is -1.74. The van der Waals surface area contributed by atoms with Gasteiger partial charge in [0, 0.05) is 48.6 Å². The number of carbonyl (C=O) groups is 2. The van der Waals surface area contributed by atoms with Gasteiger partial charge in [-0.05, 0) is 54.5 Å². The Bertz CT molecular complexity index is 1570. The lowest BCUT2D eigenvalue weighted by molar-refractivity contribution is -0.160. The molecule has 1 aromatic heterocycles. The van der Waals surface area contributed by atoms with Crippen LogP contribution in [0.2, 0.25) is 0 Å². The highest BCUT2D eigenvalue weighted by Crippen LogP contribution is 2.59. The summed E-state index contributed by atoms with van der Waals surface area (Å²) in [6, 6.07) is 11.4. The highest BCUT2D eigenvalue weighted by Gasteiger charge is 2.64. The lowest BCUT2D eigenvalue weighted by atomic mass is 9.66. The SMILES string of the molecule is CC1(C)CN(Cc2ccc(C3(C(F)(F)F)CC3)cc2)CC[C@]1(O)c1ccc2ncc([C@H]3CCC(=O)NC3=O)cc2c1F. The largest absolute Gasteiger partial charge is 0.398 e. The average Bonchev–Trinajstić information content (AvgIpc) is 3.74. The van der Waals surface area contributed by atoms with E-state index in [-0.39, 0.29) is 42.5 Å². The molecule has 0 bridgehead atoms. The van der Waals surface area contributed by atoms with Gasteiger partial charge < -0.3 is 5.11 Å². The Kier molecular flexibility index (Phi) is 6.73. The van der Waals surface area contributed by atoms with E-state index < -0.39 is 40.2 Å². The van der Waals surface area contributed by atoms with E-state index >= 15 is 4.39 Å². The molecule has 222 valence electrons. The normalized spacial score (nSPS) is 25.8. The second kappa shape index (κ2) is 9.84. The van der Waals surface area contributed by atoms with Crippen molar-refractivity contribution < 1.29 is 32.3 Å². The van der Waals surface area contributed by atoms with Crippen LogP contribution in [-0.4, -0.2) is 46.1 Å². The number of hydrogen-bond donors (Lipinski definition) is 2. The molecule has 3 aromatic rings. The van der Waals surface area contributed by atoms with Crippen LogP contribution in [0, 0.1) is 11.2 Å². The van der Waals surface area contributed by atoms with Crippen LogP contribution in [0.3, 0.4) is 0 Å². The second-order valence-electron chi connectivity index (χ2n) is 12.7. The Morgan fingerprint density at radius 3 is 2.40 bits per heavy atom. The standard InChI is InChI=1S/C32H33F4N3O3/c1-29(2)18-39(17-19-3-5-21(6-4-19)30(11-12-30)32(34,35)36)14-13-31(29,42)24-8-9-25-23(27(24)33)15-20(16-37-25)22-7-10-26(40)38-28(22)41/h3-6,8-9,15-16,22,42H,7,10-14,17-18H2,1-2H3,(H,38,40,41)/t22-,31+/m1/s1. The quantitative estimate of drug-likeness (QED) is 0.302. The number of halogens is 4. The van der Waals surface area contributed by atoms with E-state index in [1.165, 1.54) is 6.20 Å². The van der Waals surface area contributed by atoms with E-state index in [9.17, 15) is 27.9 Å². The molecule has 3 aliphatic rings. The van der Waals surface area contributed by atoms with Crippen LogP contribution in [0.4, 0.5) is 17.6 Å². The van der Waals surface area contributed by atoms with Gasteiger partial charge in [-0.2, -0.15) is 13.2 Å². The first-order valence-corrected chi connectivity index (χ1v) is 14.3. The Morgan fingerprint density at radius 1 is 1.07 bits per heavy atom. The van der Waals surface area contributed by atoms with Gasteiger partial charge in [0.1, 0.15) is 5.82 Å². The molecule has 3 heterocycles. The number of pyridine rings is 1. The van der Waals surface area contributed by atoms with Gasteiger partial charge in [-0.1, -0.05) is 44.2 Å². The Labute approximate surface area is 241 Å². The summed E-state index contributed by atoms with van der Waals surface area (Å²) in [4.78, 5) is 30.4. The van der Waals surface area contributed by atoms with Crippen LogP contribution in [0.5, 0.6) is 0 Å². The second-order valence-corrected chi connectivity index (χ2v) is 12.7. The topological polar surface area (TPSA) is 82.5 Å². The molecule has 6 rings (SSSR count). The van der Waals surface area contributed by atoms with Crippen molar-refractivity contribution in [3.63, 3.8) is 0 Å². The average molecular weight is 584 g/mol. The zero-order valence-corrected chi connectivity index (χ0v) is 23.5. The first-order chi connectivity index (χ1) is 19.7. The number of aliphatic hydroxyl groups is 1. The van der Waals surface area contributed by atoms with Gasteiger partial charge in [-0.25, -0.2) is 4.39 Å². The van der Waals surface area contributed by atoms with Gasteiger partial charge in [-0.15, -0.1) is 0 Å². The Morgan fingerprint density at radius 2 is 1.79 bits per heavy atom. The van der Waals surface area contributed by atoms with E-state index in [1.54, 1.807) is 42.5 Å². The smallest absolute Gasteiger partial charge is 0.384 e. The minimum Gasteiger partial charge on any atom is -0.384 e. The molecule has 2 atom stereocenters. The van der Waals surface area contributed by atoms with E-state index in [0.29, 0.717) is 42.7 Å². The van der Waals surface area contributed by atoms with E-state index in [4.69, 9.17) is 0 Å². The molecule has 10 heteroatoms. The molecule has 1 aliphatic carbocycles. The van der Waals surface area contributed by atoms with E-state index in [1.807, 2.05) is 13.8 Å². The fourth-order valence-corrected chi connectivity index (χ4v) is 6.81. The maximum atomic E-state index is 16.2. The highest BCUT2D eigenvalue weighted by atomic mass is 19.4. The van der Waals surface area contributed by atoms with Crippen molar-refractivity contribution in [2.24, 2.45) is 5.41 Å². The minimum absolute atomic E-state index is 0.119. The third-order valence-corrected chi connectivity index (χ3v) is 9.64. The lowest BCUT2D eigenvalue weighted by Crippen LogP contribution is -2.55. The van der Waals surface area contributed by atoms with Gasteiger partial charge in [0.05, 0.1) is 22.5 Å². The van der Waals surface area contributed by atoms with Gasteiger partial charge >= 0.3 is 6.18 Å². The summed E-state index contributed by atoms with van der Waals surface area (Å²) in [5.74, 6) is -1.97. The number of rotatable bonds is 5. The summed E-state index contributed by atoms with van der Waals surface area (Å²) < 4.78 is 56.7. The van der Waals surface area contributed by atoms with Crippen molar-refractivity contribution >= 4 is 22.7 Å². The van der Waals surface area contributed by atoms with Crippen LogP contribution < -0.4 is 5.32 Å². The molecule has 3 fully saturated rings. The number of fused-ring (bicyclic) bond motifs is 1. The summed E-state index contributed by atoms with van der Waals surface area (Å²) in [5, 5.41) is 14.5. The lowest BCUT2D eigenvalue weighted by Gasteiger charge is -2.50. The van der Waals surface area contributed by atoms with Crippen LogP contribution in [0.15, 0.2) is 48.7 Å². The molecule has 0 spiro atoms. The monoisotopic (exact) mass is 583 g/mol. The molecule has 0 radical (unpaired) electrons. The van der Waals surface area contributed by atoms with Crippen LogP contribution in [0.1, 0.15) is 74.1 Å². The number of amides is 2.